The Morgan fingerprint density at radius 3 is 2.74 bits per heavy atom. The lowest BCUT2D eigenvalue weighted by Gasteiger charge is -2.12. The molecule has 3 rings (SSSR count). The average molecular weight is 387 g/mol. The molecule has 0 atom stereocenters. The predicted octanol–water partition coefficient (Wildman–Crippen LogP) is 3.01. The number of ether oxygens (including phenoxy) is 2. The van der Waals surface area contributed by atoms with Gasteiger partial charge in [0, 0.05) is 11.8 Å². The first-order valence-electron chi connectivity index (χ1n) is 8.59. The van der Waals surface area contributed by atoms with Gasteiger partial charge in [-0.3, -0.25) is 4.79 Å². The smallest absolute Gasteiger partial charge is 0.344 e. The summed E-state index contributed by atoms with van der Waals surface area (Å²) in [5.41, 5.74) is 2.74. The van der Waals surface area contributed by atoms with E-state index in [1.807, 2.05) is 25.1 Å². The number of hydrogen-bond donors (Lipinski definition) is 0. The number of esters is 1. The monoisotopic (exact) mass is 387 g/mol. The molecule has 0 unspecified atom stereocenters. The highest BCUT2D eigenvalue weighted by molar-refractivity contribution is 7.16. The zero-order valence-electron chi connectivity index (χ0n) is 15.7. The zero-order chi connectivity index (χ0) is 19.6. The minimum Gasteiger partial charge on any atom is -0.482 e. The number of hydrogen-bond acceptors (Lipinski definition) is 7. The molecule has 0 radical (unpaired) electrons. The van der Waals surface area contributed by atoms with Crippen LogP contribution in [-0.2, 0) is 16.1 Å². The number of benzene rings is 1. The number of carbonyl (C=O) groups is 1. The van der Waals surface area contributed by atoms with Crippen molar-refractivity contribution < 1.29 is 14.3 Å². The van der Waals surface area contributed by atoms with E-state index in [2.05, 4.69) is 23.9 Å². The van der Waals surface area contributed by atoms with Crippen LogP contribution in [0, 0.1) is 13.8 Å². The number of carbonyl (C=O) groups excluding carboxylic acids is 1. The second kappa shape index (κ2) is 7.87. The first-order valence-corrected chi connectivity index (χ1v) is 9.40. The summed E-state index contributed by atoms with van der Waals surface area (Å²) in [6.07, 6.45) is 0. The molecule has 7 nitrogen and oxygen atoms in total. The summed E-state index contributed by atoms with van der Waals surface area (Å²) in [6, 6.07) is 7.18. The molecule has 0 bridgehead atoms. The Hall–Kier alpha value is -2.74. The summed E-state index contributed by atoms with van der Waals surface area (Å²) in [5.74, 6) is 0.556. The highest BCUT2D eigenvalue weighted by atomic mass is 32.1. The van der Waals surface area contributed by atoms with E-state index in [9.17, 15) is 9.59 Å². The fourth-order valence-corrected chi connectivity index (χ4v) is 3.59. The Morgan fingerprint density at radius 1 is 1.26 bits per heavy atom. The Balaban J connectivity index is 1.56. The summed E-state index contributed by atoms with van der Waals surface area (Å²) in [7, 11) is 0. The van der Waals surface area contributed by atoms with Gasteiger partial charge in [0.05, 0.1) is 0 Å². The van der Waals surface area contributed by atoms with Crippen molar-refractivity contribution >= 4 is 22.3 Å². The third-order valence-corrected chi connectivity index (χ3v) is 4.87. The van der Waals surface area contributed by atoms with Crippen LogP contribution < -0.4 is 10.3 Å². The van der Waals surface area contributed by atoms with Crippen molar-refractivity contribution in [3.63, 3.8) is 0 Å². The molecule has 0 saturated carbocycles. The van der Waals surface area contributed by atoms with E-state index in [0.717, 1.165) is 5.56 Å². The van der Waals surface area contributed by atoms with Gasteiger partial charge in [-0.25, -0.2) is 9.78 Å². The topological polar surface area (TPSA) is 82.8 Å². The van der Waals surface area contributed by atoms with Gasteiger partial charge in [-0.1, -0.05) is 31.3 Å². The van der Waals surface area contributed by atoms with Crippen LogP contribution >= 0.6 is 11.3 Å². The SMILES string of the molecule is Cc1cc(=O)n2nc(COC(=O)COc3ccc(C(C)C)c(C)c3)sc2n1. The molecule has 3 aromatic rings. The summed E-state index contributed by atoms with van der Waals surface area (Å²) < 4.78 is 11.9. The number of fused-ring (bicyclic) bond motifs is 1. The van der Waals surface area contributed by atoms with Crippen molar-refractivity contribution in [3.05, 3.63) is 56.4 Å². The van der Waals surface area contributed by atoms with Crippen LogP contribution in [0.2, 0.25) is 0 Å². The van der Waals surface area contributed by atoms with Gasteiger partial charge in [-0.05, 0) is 43.0 Å². The summed E-state index contributed by atoms with van der Waals surface area (Å²) in [4.78, 5) is 28.5. The minimum atomic E-state index is -0.503. The Bertz CT molecular complexity index is 1040. The average Bonchev–Trinajstić information content (AvgIpc) is 3.01. The molecular formula is C19H21N3O4S. The lowest BCUT2D eigenvalue weighted by atomic mass is 9.98. The quantitative estimate of drug-likeness (QED) is 0.605. The van der Waals surface area contributed by atoms with Crippen LogP contribution in [0.25, 0.3) is 4.96 Å². The maximum atomic E-state index is 11.9. The van der Waals surface area contributed by atoms with Gasteiger partial charge in [0.1, 0.15) is 12.4 Å². The Kier molecular flexibility index (Phi) is 5.55. The van der Waals surface area contributed by atoms with Crippen molar-refractivity contribution in [3.8, 4) is 5.75 Å². The normalized spacial score (nSPS) is 11.1. The van der Waals surface area contributed by atoms with Gasteiger partial charge >= 0.3 is 5.97 Å². The van der Waals surface area contributed by atoms with E-state index < -0.39 is 5.97 Å². The predicted molar refractivity (Wildman–Crippen MR) is 102 cm³/mol. The van der Waals surface area contributed by atoms with Crippen molar-refractivity contribution in [2.75, 3.05) is 6.61 Å². The number of aryl methyl sites for hydroxylation is 2. The molecule has 1 aromatic carbocycles. The molecule has 2 heterocycles. The van der Waals surface area contributed by atoms with Crippen LogP contribution in [-0.4, -0.2) is 27.2 Å². The Labute approximate surface area is 160 Å². The van der Waals surface area contributed by atoms with Crippen molar-refractivity contribution in [2.45, 2.75) is 40.2 Å². The molecule has 2 aromatic heterocycles. The van der Waals surface area contributed by atoms with E-state index in [1.165, 1.54) is 27.5 Å². The van der Waals surface area contributed by atoms with Crippen LogP contribution in [0.15, 0.2) is 29.1 Å². The van der Waals surface area contributed by atoms with Crippen LogP contribution in [0.4, 0.5) is 0 Å². The molecule has 8 heteroatoms. The highest BCUT2D eigenvalue weighted by Gasteiger charge is 2.11. The molecule has 0 spiro atoms. The molecule has 0 saturated heterocycles. The van der Waals surface area contributed by atoms with E-state index in [4.69, 9.17) is 9.47 Å². The lowest BCUT2D eigenvalue weighted by molar-refractivity contribution is -0.147. The molecule has 0 aliphatic rings. The first-order chi connectivity index (χ1) is 12.8. The van der Waals surface area contributed by atoms with Crippen molar-refractivity contribution in [1.82, 2.24) is 14.6 Å². The zero-order valence-corrected chi connectivity index (χ0v) is 16.5. The maximum absolute atomic E-state index is 11.9. The van der Waals surface area contributed by atoms with Crippen LogP contribution in [0.5, 0.6) is 5.75 Å². The number of aromatic nitrogens is 3. The summed E-state index contributed by atoms with van der Waals surface area (Å²) in [6.45, 7) is 7.81. The molecular weight excluding hydrogens is 366 g/mol. The highest BCUT2D eigenvalue weighted by Crippen LogP contribution is 2.23. The molecule has 0 aliphatic heterocycles. The fourth-order valence-electron chi connectivity index (χ4n) is 2.73. The molecule has 142 valence electrons. The second-order valence-electron chi connectivity index (χ2n) is 6.55. The standard InChI is InChI=1S/C19H21N3O4S/c1-11(2)15-6-5-14(7-12(15)3)25-10-18(24)26-9-16-21-22-17(23)8-13(4)20-19(22)27-16/h5-8,11H,9-10H2,1-4H3. The third-order valence-electron chi connectivity index (χ3n) is 3.99. The summed E-state index contributed by atoms with van der Waals surface area (Å²) >= 11 is 1.21. The van der Waals surface area contributed by atoms with Gasteiger partial charge in [0.15, 0.2) is 11.6 Å². The van der Waals surface area contributed by atoms with Gasteiger partial charge in [-0.15, -0.1) is 0 Å². The minimum absolute atomic E-state index is 0.0278. The van der Waals surface area contributed by atoms with E-state index in [-0.39, 0.29) is 18.8 Å². The first kappa shape index (κ1) is 19.0. The number of nitrogens with zero attached hydrogens (tertiary/aromatic N) is 3. The van der Waals surface area contributed by atoms with Crippen molar-refractivity contribution in [2.24, 2.45) is 0 Å². The molecule has 0 N–H and O–H groups in total. The lowest BCUT2D eigenvalue weighted by Crippen LogP contribution is -2.16. The van der Waals surface area contributed by atoms with Gasteiger partial charge in [0.2, 0.25) is 4.96 Å². The van der Waals surface area contributed by atoms with Crippen LogP contribution in [0.3, 0.4) is 0 Å². The largest absolute Gasteiger partial charge is 0.482 e. The fraction of sp³-hybridized carbons (Fsp3) is 0.368. The van der Waals surface area contributed by atoms with Gasteiger partial charge in [0.25, 0.3) is 5.56 Å². The van der Waals surface area contributed by atoms with Gasteiger partial charge < -0.3 is 9.47 Å². The molecule has 0 amide bonds. The molecule has 27 heavy (non-hydrogen) atoms. The van der Waals surface area contributed by atoms with E-state index >= 15 is 0 Å². The number of rotatable bonds is 6. The second-order valence-corrected chi connectivity index (χ2v) is 7.59. The molecule has 0 fully saturated rings. The van der Waals surface area contributed by atoms with Crippen LogP contribution in [0.1, 0.15) is 41.6 Å². The van der Waals surface area contributed by atoms with Crippen molar-refractivity contribution in [1.29, 1.82) is 0 Å². The Morgan fingerprint density at radius 2 is 2.04 bits per heavy atom. The molecule has 0 aliphatic carbocycles. The van der Waals surface area contributed by atoms with E-state index in [0.29, 0.717) is 27.3 Å². The van der Waals surface area contributed by atoms with E-state index in [1.54, 1.807) is 6.92 Å². The van der Waals surface area contributed by atoms with Gasteiger partial charge in [-0.2, -0.15) is 9.61 Å². The third kappa shape index (κ3) is 4.51. The maximum Gasteiger partial charge on any atom is 0.344 e. The summed E-state index contributed by atoms with van der Waals surface area (Å²) in [5, 5.41) is 4.62.